The fourth-order valence-corrected chi connectivity index (χ4v) is 3.20. The summed E-state index contributed by atoms with van der Waals surface area (Å²) in [5.74, 6) is -0.262. The molecule has 0 aliphatic heterocycles. The van der Waals surface area contributed by atoms with Gasteiger partial charge in [-0.1, -0.05) is 24.3 Å². The Morgan fingerprint density at radius 2 is 1.92 bits per heavy atom. The minimum atomic E-state index is -0.456. The standard InChI is InChI=1S/C19H17N3O3S/c1-12-9-16(7-8-18(12)22(24)25)19(23)20-10-14-3-5-15(6-4-14)17-11-26-13(2)21-17/h3-9,11H,10H2,1-2H3,(H,20,23). The molecule has 0 bridgehead atoms. The van der Waals surface area contributed by atoms with Gasteiger partial charge in [0.05, 0.1) is 15.6 Å². The average molecular weight is 367 g/mol. The molecule has 1 heterocycles. The van der Waals surface area contributed by atoms with E-state index in [1.807, 2.05) is 36.6 Å². The Balaban J connectivity index is 1.64. The van der Waals surface area contributed by atoms with Gasteiger partial charge in [-0.15, -0.1) is 11.3 Å². The molecule has 0 unspecified atom stereocenters. The zero-order chi connectivity index (χ0) is 18.7. The number of nitrogens with zero attached hydrogens (tertiary/aromatic N) is 2. The molecule has 6 nitrogen and oxygen atoms in total. The van der Waals surface area contributed by atoms with Gasteiger partial charge in [-0.05, 0) is 31.5 Å². The maximum Gasteiger partial charge on any atom is 0.272 e. The van der Waals surface area contributed by atoms with Crippen LogP contribution in [0.1, 0.15) is 26.5 Å². The molecule has 3 aromatic rings. The largest absolute Gasteiger partial charge is 0.348 e. The first-order chi connectivity index (χ1) is 12.4. The molecule has 0 spiro atoms. The van der Waals surface area contributed by atoms with Crippen LogP contribution in [0, 0.1) is 24.0 Å². The first kappa shape index (κ1) is 17.8. The SMILES string of the molecule is Cc1nc(-c2ccc(CNC(=O)c3ccc([N+](=O)[O-])c(C)c3)cc2)cs1. The molecular formula is C19H17N3O3S. The van der Waals surface area contributed by atoms with Crippen LogP contribution in [0.4, 0.5) is 5.69 Å². The highest BCUT2D eigenvalue weighted by atomic mass is 32.1. The molecule has 0 aliphatic carbocycles. The lowest BCUT2D eigenvalue weighted by atomic mass is 10.1. The molecule has 26 heavy (non-hydrogen) atoms. The summed E-state index contributed by atoms with van der Waals surface area (Å²) < 4.78 is 0. The fourth-order valence-electron chi connectivity index (χ4n) is 2.58. The molecule has 1 N–H and O–H groups in total. The van der Waals surface area contributed by atoms with Crippen molar-refractivity contribution in [2.75, 3.05) is 0 Å². The molecule has 0 saturated heterocycles. The van der Waals surface area contributed by atoms with Gasteiger partial charge in [0.25, 0.3) is 11.6 Å². The molecule has 0 radical (unpaired) electrons. The van der Waals surface area contributed by atoms with Crippen LogP contribution in [0.15, 0.2) is 47.8 Å². The minimum Gasteiger partial charge on any atom is -0.348 e. The summed E-state index contributed by atoms with van der Waals surface area (Å²) in [6, 6.07) is 12.2. The van der Waals surface area contributed by atoms with Gasteiger partial charge < -0.3 is 5.32 Å². The van der Waals surface area contributed by atoms with E-state index in [2.05, 4.69) is 10.3 Å². The van der Waals surface area contributed by atoms with Crippen LogP contribution in [0.25, 0.3) is 11.3 Å². The van der Waals surface area contributed by atoms with E-state index in [1.165, 1.54) is 18.2 Å². The molecule has 0 saturated carbocycles. The van der Waals surface area contributed by atoms with Crippen LogP contribution in [0.3, 0.4) is 0 Å². The first-order valence-electron chi connectivity index (χ1n) is 7.99. The Morgan fingerprint density at radius 1 is 1.19 bits per heavy atom. The summed E-state index contributed by atoms with van der Waals surface area (Å²) in [4.78, 5) is 27.1. The van der Waals surface area contributed by atoms with Gasteiger partial charge in [-0.3, -0.25) is 14.9 Å². The molecule has 0 fully saturated rings. The van der Waals surface area contributed by atoms with E-state index in [9.17, 15) is 14.9 Å². The van der Waals surface area contributed by atoms with Crippen LogP contribution in [0.2, 0.25) is 0 Å². The smallest absolute Gasteiger partial charge is 0.272 e. The quantitative estimate of drug-likeness (QED) is 0.539. The van der Waals surface area contributed by atoms with Crippen molar-refractivity contribution in [1.29, 1.82) is 0 Å². The summed E-state index contributed by atoms with van der Waals surface area (Å²) in [5, 5.41) is 16.7. The van der Waals surface area contributed by atoms with E-state index in [0.29, 0.717) is 17.7 Å². The van der Waals surface area contributed by atoms with Crippen molar-refractivity contribution < 1.29 is 9.72 Å². The summed E-state index contributed by atoms with van der Waals surface area (Å²) in [5.41, 5.74) is 3.83. The number of hydrogen-bond donors (Lipinski definition) is 1. The first-order valence-corrected chi connectivity index (χ1v) is 8.86. The second kappa shape index (κ2) is 7.45. The maximum atomic E-state index is 12.3. The van der Waals surface area contributed by atoms with Crippen molar-refractivity contribution in [3.63, 3.8) is 0 Å². The van der Waals surface area contributed by atoms with Crippen molar-refractivity contribution in [1.82, 2.24) is 10.3 Å². The molecule has 0 atom stereocenters. The lowest BCUT2D eigenvalue weighted by Crippen LogP contribution is -2.22. The maximum absolute atomic E-state index is 12.3. The van der Waals surface area contributed by atoms with E-state index in [0.717, 1.165) is 21.8 Å². The second-order valence-electron chi connectivity index (χ2n) is 5.89. The van der Waals surface area contributed by atoms with Crippen LogP contribution in [-0.2, 0) is 6.54 Å². The van der Waals surface area contributed by atoms with Gasteiger partial charge in [-0.2, -0.15) is 0 Å². The van der Waals surface area contributed by atoms with Gasteiger partial charge in [-0.25, -0.2) is 4.98 Å². The zero-order valence-electron chi connectivity index (χ0n) is 14.4. The number of benzene rings is 2. The number of aryl methyl sites for hydroxylation is 2. The number of nitrogens with one attached hydrogen (secondary N) is 1. The number of rotatable bonds is 5. The number of amides is 1. The predicted molar refractivity (Wildman–Crippen MR) is 101 cm³/mol. The number of thiazole rings is 1. The summed E-state index contributed by atoms with van der Waals surface area (Å²) in [6.45, 7) is 3.97. The third-order valence-corrected chi connectivity index (χ3v) is 4.75. The van der Waals surface area contributed by atoms with Crippen LogP contribution in [0.5, 0.6) is 0 Å². The highest BCUT2D eigenvalue weighted by Gasteiger charge is 2.13. The number of hydrogen-bond acceptors (Lipinski definition) is 5. The number of carbonyl (C=O) groups excluding carboxylic acids is 1. The summed E-state index contributed by atoms with van der Waals surface area (Å²) in [7, 11) is 0. The van der Waals surface area contributed by atoms with E-state index in [1.54, 1.807) is 18.3 Å². The fraction of sp³-hybridized carbons (Fsp3) is 0.158. The third kappa shape index (κ3) is 3.94. The van der Waals surface area contributed by atoms with Crippen LogP contribution in [-0.4, -0.2) is 15.8 Å². The summed E-state index contributed by atoms with van der Waals surface area (Å²) >= 11 is 1.61. The number of nitro benzene ring substituents is 1. The van der Waals surface area contributed by atoms with Crippen LogP contribution < -0.4 is 5.32 Å². The average Bonchev–Trinajstić information content (AvgIpc) is 3.06. The normalized spacial score (nSPS) is 10.5. The van der Waals surface area contributed by atoms with Crippen LogP contribution >= 0.6 is 11.3 Å². The Labute approximate surface area is 154 Å². The third-order valence-electron chi connectivity index (χ3n) is 3.98. The minimum absolute atomic E-state index is 0.00872. The molecule has 0 aliphatic rings. The molecule has 1 amide bonds. The monoisotopic (exact) mass is 367 g/mol. The van der Waals surface area contributed by atoms with E-state index in [-0.39, 0.29) is 11.6 Å². The summed E-state index contributed by atoms with van der Waals surface area (Å²) in [6.07, 6.45) is 0. The Morgan fingerprint density at radius 3 is 2.50 bits per heavy atom. The second-order valence-corrected chi connectivity index (χ2v) is 6.95. The molecule has 1 aromatic heterocycles. The van der Waals surface area contributed by atoms with Gasteiger partial charge in [0.1, 0.15) is 0 Å². The van der Waals surface area contributed by atoms with E-state index < -0.39 is 4.92 Å². The van der Waals surface area contributed by atoms with Gasteiger partial charge in [0.15, 0.2) is 0 Å². The van der Waals surface area contributed by atoms with Gasteiger partial charge >= 0.3 is 0 Å². The topological polar surface area (TPSA) is 85.1 Å². The predicted octanol–water partition coefficient (Wildman–Crippen LogP) is 4.27. The Kier molecular flexibility index (Phi) is 5.09. The Bertz CT molecular complexity index is 964. The molecular weight excluding hydrogens is 350 g/mol. The number of nitro groups is 1. The van der Waals surface area contributed by atoms with Crippen molar-refractivity contribution in [2.45, 2.75) is 20.4 Å². The Hall–Kier alpha value is -3.06. The van der Waals surface area contributed by atoms with Crippen molar-refractivity contribution in [2.24, 2.45) is 0 Å². The van der Waals surface area contributed by atoms with Crippen molar-refractivity contribution >= 4 is 22.9 Å². The number of aromatic nitrogens is 1. The van der Waals surface area contributed by atoms with Crippen molar-refractivity contribution in [3.8, 4) is 11.3 Å². The molecule has 7 heteroatoms. The molecule has 2 aromatic carbocycles. The highest BCUT2D eigenvalue weighted by Crippen LogP contribution is 2.22. The van der Waals surface area contributed by atoms with E-state index in [4.69, 9.17) is 0 Å². The number of carbonyl (C=O) groups is 1. The van der Waals surface area contributed by atoms with E-state index >= 15 is 0 Å². The van der Waals surface area contributed by atoms with Crippen molar-refractivity contribution in [3.05, 3.63) is 79.7 Å². The highest BCUT2D eigenvalue weighted by molar-refractivity contribution is 7.09. The van der Waals surface area contributed by atoms with Gasteiger partial charge in [0, 0.05) is 34.7 Å². The molecule has 3 rings (SSSR count). The lowest BCUT2D eigenvalue weighted by Gasteiger charge is -2.07. The lowest BCUT2D eigenvalue weighted by molar-refractivity contribution is -0.385. The zero-order valence-corrected chi connectivity index (χ0v) is 15.2. The molecule has 132 valence electrons. The van der Waals surface area contributed by atoms with Gasteiger partial charge in [0.2, 0.25) is 0 Å².